The maximum atomic E-state index is 4.35. The van der Waals surface area contributed by atoms with Crippen molar-refractivity contribution in [2.45, 2.75) is 13.0 Å². The van der Waals surface area contributed by atoms with E-state index in [-0.39, 0.29) is 0 Å². The fourth-order valence-corrected chi connectivity index (χ4v) is 2.89. The average molecular weight is 287 g/mol. The molecule has 0 bridgehead atoms. The van der Waals surface area contributed by atoms with Gasteiger partial charge >= 0.3 is 0 Å². The Morgan fingerprint density at radius 1 is 0.950 bits per heavy atom. The molecule has 3 nitrogen and oxygen atoms in total. The van der Waals surface area contributed by atoms with E-state index in [4.69, 9.17) is 0 Å². The predicted molar refractivity (Wildman–Crippen MR) is 85.8 cm³/mol. The molecule has 0 unspecified atom stereocenters. The third-order valence-corrected chi connectivity index (χ3v) is 3.97. The number of nitrogens with zero attached hydrogens (tertiary/aromatic N) is 3. The molecule has 0 radical (unpaired) electrons. The molecule has 0 saturated heterocycles. The summed E-state index contributed by atoms with van der Waals surface area (Å²) in [4.78, 5) is 11.0. The van der Waals surface area contributed by atoms with Crippen molar-refractivity contribution in [1.82, 2.24) is 14.9 Å². The van der Waals surface area contributed by atoms with Crippen molar-refractivity contribution in [3.05, 3.63) is 60.2 Å². The van der Waals surface area contributed by atoms with Crippen molar-refractivity contribution in [3.63, 3.8) is 0 Å². The summed E-state index contributed by atoms with van der Waals surface area (Å²) in [6.45, 7) is 2.01. The van der Waals surface area contributed by atoms with Gasteiger partial charge in [0, 0.05) is 36.9 Å². The maximum Gasteiger partial charge on any atom is 0.0543 e. The smallest absolute Gasteiger partial charge is 0.0543 e. The Balaban J connectivity index is 1.57. The molecule has 0 atom stereocenters. The van der Waals surface area contributed by atoms with Gasteiger partial charge in [-0.25, -0.2) is 0 Å². The first-order chi connectivity index (χ1) is 9.84. The summed E-state index contributed by atoms with van der Waals surface area (Å²) >= 11 is 1.98. The lowest BCUT2D eigenvalue weighted by Gasteiger charge is -2.15. The Kier molecular flexibility index (Phi) is 6.54. The minimum atomic E-state index is 0.918. The van der Waals surface area contributed by atoms with E-state index >= 15 is 0 Å². The molecule has 0 aromatic carbocycles. The minimum absolute atomic E-state index is 0.918. The van der Waals surface area contributed by atoms with Gasteiger partial charge in [-0.2, -0.15) is 11.8 Å². The number of thioether (sulfide) groups is 1. The summed E-state index contributed by atoms with van der Waals surface area (Å²) in [5.74, 6) is 2.28. The molecule has 106 valence electrons. The third kappa shape index (κ3) is 5.72. The van der Waals surface area contributed by atoms with E-state index in [9.17, 15) is 0 Å². The highest BCUT2D eigenvalue weighted by molar-refractivity contribution is 7.99. The van der Waals surface area contributed by atoms with Crippen LogP contribution < -0.4 is 0 Å². The van der Waals surface area contributed by atoms with Crippen LogP contribution in [-0.4, -0.2) is 40.0 Å². The van der Waals surface area contributed by atoms with Crippen LogP contribution >= 0.6 is 11.8 Å². The van der Waals surface area contributed by atoms with Crippen molar-refractivity contribution >= 4 is 11.8 Å². The zero-order valence-electron chi connectivity index (χ0n) is 11.9. The number of hydrogen-bond acceptors (Lipinski definition) is 4. The Hall–Kier alpha value is -1.39. The van der Waals surface area contributed by atoms with Crippen LogP contribution in [-0.2, 0) is 13.0 Å². The first-order valence-electron chi connectivity index (χ1n) is 6.91. The molecular formula is C16H21N3S. The third-order valence-electron chi connectivity index (χ3n) is 3.00. The van der Waals surface area contributed by atoms with Crippen molar-refractivity contribution < 1.29 is 0 Å². The van der Waals surface area contributed by atoms with Gasteiger partial charge in [-0.3, -0.25) is 14.9 Å². The molecular weight excluding hydrogens is 266 g/mol. The van der Waals surface area contributed by atoms with Crippen LogP contribution in [0.1, 0.15) is 11.4 Å². The van der Waals surface area contributed by atoms with Crippen molar-refractivity contribution in [2.24, 2.45) is 0 Å². The van der Waals surface area contributed by atoms with Crippen LogP contribution in [0.25, 0.3) is 0 Å². The summed E-state index contributed by atoms with van der Waals surface area (Å²) < 4.78 is 0. The second-order valence-corrected chi connectivity index (χ2v) is 5.97. The van der Waals surface area contributed by atoms with E-state index in [0.29, 0.717) is 0 Å². The van der Waals surface area contributed by atoms with Gasteiger partial charge in [-0.05, 0) is 43.5 Å². The van der Waals surface area contributed by atoms with E-state index < -0.39 is 0 Å². The van der Waals surface area contributed by atoms with Gasteiger partial charge in [0.15, 0.2) is 0 Å². The fraction of sp³-hybridized carbons (Fsp3) is 0.375. The maximum absolute atomic E-state index is 4.35. The zero-order chi connectivity index (χ0) is 14.0. The first kappa shape index (κ1) is 15.0. The quantitative estimate of drug-likeness (QED) is 0.698. The van der Waals surface area contributed by atoms with Crippen LogP contribution in [0.5, 0.6) is 0 Å². The molecule has 0 aliphatic carbocycles. The van der Waals surface area contributed by atoms with Crippen LogP contribution in [0.4, 0.5) is 0 Å². The van der Waals surface area contributed by atoms with E-state index in [0.717, 1.165) is 36.7 Å². The Morgan fingerprint density at radius 2 is 1.65 bits per heavy atom. The van der Waals surface area contributed by atoms with Gasteiger partial charge in [0.25, 0.3) is 0 Å². The molecule has 0 N–H and O–H groups in total. The summed E-state index contributed by atoms with van der Waals surface area (Å²) in [6.07, 6.45) is 4.76. The molecule has 0 amide bonds. The summed E-state index contributed by atoms with van der Waals surface area (Å²) in [7, 11) is 2.15. The highest BCUT2D eigenvalue weighted by atomic mass is 32.2. The lowest BCUT2D eigenvalue weighted by atomic mass is 10.3. The number of hydrogen-bond donors (Lipinski definition) is 0. The highest BCUT2D eigenvalue weighted by Crippen LogP contribution is 2.06. The van der Waals surface area contributed by atoms with Gasteiger partial charge in [-0.1, -0.05) is 12.1 Å². The Labute approximate surface area is 125 Å². The van der Waals surface area contributed by atoms with E-state index in [1.807, 2.05) is 48.4 Å². The molecule has 4 heteroatoms. The van der Waals surface area contributed by atoms with Crippen molar-refractivity contribution in [3.8, 4) is 0 Å². The molecule has 2 heterocycles. The first-order valence-corrected chi connectivity index (χ1v) is 8.06. The molecule has 0 aliphatic heterocycles. The summed E-state index contributed by atoms with van der Waals surface area (Å²) in [5.41, 5.74) is 2.32. The van der Waals surface area contributed by atoms with Crippen molar-refractivity contribution in [2.75, 3.05) is 25.1 Å². The van der Waals surface area contributed by atoms with Gasteiger partial charge in [0.2, 0.25) is 0 Å². The van der Waals surface area contributed by atoms with Crippen molar-refractivity contribution in [1.29, 1.82) is 0 Å². The van der Waals surface area contributed by atoms with E-state index in [2.05, 4.69) is 34.0 Å². The van der Waals surface area contributed by atoms with Gasteiger partial charge in [0.1, 0.15) is 0 Å². The largest absolute Gasteiger partial charge is 0.300 e. The Bertz CT molecular complexity index is 476. The lowest BCUT2D eigenvalue weighted by molar-refractivity contribution is 0.344. The van der Waals surface area contributed by atoms with Crippen LogP contribution in [0.3, 0.4) is 0 Å². The molecule has 0 fully saturated rings. The van der Waals surface area contributed by atoms with E-state index in [1.165, 1.54) is 5.69 Å². The molecule has 0 saturated carbocycles. The lowest BCUT2D eigenvalue weighted by Crippen LogP contribution is -2.21. The number of aromatic nitrogens is 2. The normalized spacial score (nSPS) is 10.9. The summed E-state index contributed by atoms with van der Waals surface area (Å²) in [6, 6.07) is 12.2. The van der Waals surface area contributed by atoms with Gasteiger partial charge in [0.05, 0.1) is 5.69 Å². The topological polar surface area (TPSA) is 29.0 Å². The monoisotopic (exact) mass is 287 g/mol. The van der Waals surface area contributed by atoms with Gasteiger partial charge < -0.3 is 0 Å². The second-order valence-electron chi connectivity index (χ2n) is 4.74. The fourth-order valence-electron chi connectivity index (χ4n) is 1.89. The van der Waals surface area contributed by atoms with Crippen LogP contribution in [0.15, 0.2) is 48.8 Å². The number of pyridine rings is 2. The van der Waals surface area contributed by atoms with Crippen LogP contribution in [0, 0.1) is 0 Å². The molecule has 2 aromatic heterocycles. The average Bonchev–Trinajstić information content (AvgIpc) is 2.49. The molecule has 0 spiro atoms. The SMILES string of the molecule is CN(CCSCCc1ccccn1)Cc1ccccn1. The van der Waals surface area contributed by atoms with E-state index in [1.54, 1.807) is 0 Å². The predicted octanol–water partition coefficient (Wildman–Crippen LogP) is 2.88. The van der Waals surface area contributed by atoms with Gasteiger partial charge in [-0.15, -0.1) is 0 Å². The standard InChI is InChI=1S/C16H21N3S/c1-19(14-16-7-3-5-10-18-16)11-13-20-12-8-15-6-2-4-9-17-15/h2-7,9-10H,8,11-14H2,1H3. The Morgan fingerprint density at radius 3 is 2.30 bits per heavy atom. The summed E-state index contributed by atoms with van der Waals surface area (Å²) in [5, 5.41) is 0. The molecule has 2 rings (SSSR count). The molecule has 2 aromatic rings. The molecule has 0 aliphatic rings. The molecule has 20 heavy (non-hydrogen) atoms. The number of aryl methyl sites for hydroxylation is 1. The highest BCUT2D eigenvalue weighted by Gasteiger charge is 2.01. The minimum Gasteiger partial charge on any atom is -0.300 e. The number of rotatable bonds is 8. The second kappa shape index (κ2) is 8.72. The van der Waals surface area contributed by atoms with Crippen LogP contribution in [0.2, 0.25) is 0 Å². The zero-order valence-corrected chi connectivity index (χ0v) is 12.7.